The van der Waals surface area contributed by atoms with Gasteiger partial charge in [0.15, 0.2) is 6.61 Å². The number of likely N-dealkylation sites (tertiary alicyclic amines) is 1. The molecule has 1 amide bonds. The Morgan fingerprint density at radius 1 is 1.28 bits per heavy atom. The molecule has 2 aliphatic rings. The Hall–Kier alpha value is -3.60. The molecule has 0 saturated carbocycles. The van der Waals surface area contributed by atoms with Crippen molar-refractivity contribution >= 4 is 22.8 Å². The molecule has 1 saturated heterocycles. The van der Waals surface area contributed by atoms with Crippen molar-refractivity contribution in [1.29, 1.82) is 0 Å². The Kier molecular flexibility index (Phi) is 5.70. The summed E-state index contributed by atoms with van der Waals surface area (Å²) >= 11 is 0. The minimum atomic E-state index is -3.04. The highest BCUT2D eigenvalue weighted by Crippen LogP contribution is 2.45. The summed E-state index contributed by atoms with van der Waals surface area (Å²) in [6.07, 6.45) is 1.81. The van der Waals surface area contributed by atoms with Crippen molar-refractivity contribution in [2.24, 2.45) is 7.05 Å². The van der Waals surface area contributed by atoms with Gasteiger partial charge in [-0.05, 0) is 19.1 Å². The molecule has 190 valence electrons. The molecule has 0 spiro atoms. The Bertz CT molecular complexity index is 1430. The molecule has 2 aliphatic heterocycles. The lowest BCUT2D eigenvalue weighted by atomic mass is 9.92. The van der Waals surface area contributed by atoms with Crippen LogP contribution >= 0.6 is 0 Å². The van der Waals surface area contributed by atoms with Crippen LogP contribution in [0.15, 0.2) is 35.4 Å². The number of methoxy groups -OCH3 is 1. The lowest BCUT2D eigenvalue weighted by molar-refractivity contribution is -0.129. The average molecular weight is 500 g/mol. The summed E-state index contributed by atoms with van der Waals surface area (Å²) in [5.74, 6) is -2.53. The summed E-state index contributed by atoms with van der Waals surface area (Å²) in [6.45, 7) is 3.35. The molecule has 2 atom stereocenters. The van der Waals surface area contributed by atoms with E-state index in [0.29, 0.717) is 40.9 Å². The van der Waals surface area contributed by atoms with Crippen LogP contribution in [0.5, 0.6) is 5.75 Å². The second-order valence-electron chi connectivity index (χ2n) is 9.35. The number of ether oxygens (including phenoxy) is 2. The van der Waals surface area contributed by atoms with Crippen LogP contribution in [-0.4, -0.2) is 52.1 Å². The third-order valence-corrected chi connectivity index (χ3v) is 7.22. The Morgan fingerprint density at radius 2 is 2.06 bits per heavy atom. The Labute approximate surface area is 206 Å². The summed E-state index contributed by atoms with van der Waals surface area (Å²) in [4.78, 5) is 35.7. The van der Waals surface area contributed by atoms with Crippen LogP contribution in [0.2, 0.25) is 0 Å². The summed E-state index contributed by atoms with van der Waals surface area (Å²) in [7, 11) is 3.15. The highest BCUT2D eigenvalue weighted by molar-refractivity contribution is 5.87. The Morgan fingerprint density at radius 3 is 2.75 bits per heavy atom. The monoisotopic (exact) mass is 499 g/mol. The molecule has 1 aromatic carbocycles. The van der Waals surface area contributed by atoms with E-state index in [9.17, 15) is 18.4 Å². The van der Waals surface area contributed by atoms with Gasteiger partial charge in [0.1, 0.15) is 29.1 Å². The third-order valence-electron chi connectivity index (χ3n) is 7.22. The van der Waals surface area contributed by atoms with Gasteiger partial charge >= 0.3 is 5.92 Å². The topological polar surface area (TPSA) is 98.6 Å². The van der Waals surface area contributed by atoms with Gasteiger partial charge < -0.3 is 19.7 Å². The van der Waals surface area contributed by atoms with Crippen LogP contribution in [0.3, 0.4) is 0 Å². The fourth-order valence-electron chi connectivity index (χ4n) is 5.13. The van der Waals surface area contributed by atoms with Gasteiger partial charge in [0.2, 0.25) is 5.91 Å². The molecule has 0 aliphatic carbocycles. The molecule has 1 fully saturated rings. The molecule has 2 aromatic heterocycles. The summed E-state index contributed by atoms with van der Waals surface area (Å²) in [5.41, 5.74) is 0.00325. The predicted octanol–water partition coefficient (Wildman–Crippen LogP) is 3.08. The van der Waals surface area contributed by atoms with Gasteiger partial charge in [-0.25, -0.2) is 9.97 Å². The maximum absolute atomic E-state index is 14.2. The molecule has 36 heavy (non-hydrogen) atoms. The minimum Gasteiger partial charge on any atom is -0.486 e. The number of rotatable bonds is 5. The number of aromatic nitrogens is 3. The van der Waals surface area contributed by atoms with Crippen molar-refractivity contribution in [2.45, 2.75) is 37.8 Å². The average Bonchev–Trinajstić information content (AvgIpc) is 3.43. The van der Waals surface area contributed by atoms with E-state index in [4.69, 9.17) is 9.47 Å². The molecule has 3 aromatic rings. The third kappa shape index (κ3) is 3.69. The van der Waals surface area contributed by atoms with Crippen LogP contribution in [-0.2, 0) is 28.1 Å². The van der Waals surface area contributed by atoms with Crippen molar-refractivity contribution in [1.82, 2.24) is 19.4 Å². The van der Waals surface area contributed by atoms with E-state index in [1.54, 1.807) is 30.1 Å². The predicted molar refractivity (Wildman–Crippen MR) is 128 cm³/mol. The van der Waals surface area contributed by atoms with Gasteiger partial charge in [-0.15, -0.1) is 0 Å². The first kappa shape index (κ1) is 24.1. The molecule has 0 radical (unpaired) electrons. The molecule has 0 unspecified atom stereocenters. The first-order chi connectivity index (χ1) is 17.1. The SMILES string of the molecule is CO[C@]1(c2cc3c(N[C@H](C)c4cccc5c4OCC5(F)F)ncnc3n(C)c2=O)CCN(C(C)=O)C1. The smallest absolute Gasteiger partial charge is 0.310 e. The standard InChI is InChI=1S/C25H27F2N5O4/c1-14(16-6-5-7-18-20(16)36-12-25(18,26)27)30-21-17-10-19(23(34)31(3)22(17)29-13-28-21)24(35-4)8-9-32(11-24)15(2)33/h5-7,10,13-14H,8-9,11-12H2,1-4H3,(H,28,29,30)/t14-,24-/m1/s1. The van der Waals surface area contributed by atoms with Gasteiger partial charge in [-0.1, -0.05) is 12.1 Å². The van der Waals surface area contributed by atoms with E-state index in [0.717, 1.165) is 0 Å². The van der Waals surface area contributed by atoms with Crippen molar-refractivity contribution in [3.63, 3.8) is 0 Å². The van der Waals surface area contributed by atoms with E-state index in [1.165, 1.54) is 31.0 Å². The first-order valence-electron chi connectivity index (χ1n) is 11.6. The number of nitrogens with one attached hydrogen (secondary N) is 1. The van der Waals surface area contributed by atoms with Gasteiger partial charge in [0, 0.05) is 39.6 Å². The number of anilines is 1. The highest BCUT2D eigenvalue weighted by atomic mass is 19.3. The zero-order valence-electron chi connectivity index (χ0n) is 20.5. The number of alkyl halides is 2. The number of carbonyl (C=O) groups is 1. The number of aryl methyl sites for hydroxylation is 1. The Balaban J connectivity index is 1.58. The second kappa shape index (κ2) is 8.51. The molecule has 11 heteroatoms. The van der Waals surface area contributed by atoms with Gasteiger partial charge in [0.05, 0.1) is 29.1 Å². The first-order valence-corrected chi connectivity index (χ1v) is 11.6. The molecule has 4 heterocycles. The maximum Gasteiger partial charge on any atom is 0.310 e. The number of amides is 1. The number of nitrogens with zero attached hydrogens (tertiary/aromatic N) is 4. The number of halogens is 2. The molecule has 1 N–H and O–H groups in total. The summed E-state index contributed by atoms with van der Waals surface area (Å²) in [5, 5.41) is 3.85. The number of fused-ring (bicyclic) bond motifs is 2. The summed E-state index contributed by atoms with van der Waals surface area (Å²) < 4.78 is 41.0. The lowest BCUT2D eigenvalue weighted by Crippen LogP contribution is -2.40. The molecule has 5 rings (SSSR count). The highest BCUT2D eigenvalue weighted by Gasteiger charge is 2.44. The zero-order chi connectivity index (χ0) is 25.8. The lowest BCUT2D eigenvalue weighted by Gasteiger charge is -2.28. The number of hydrogen-bond acceptors (Lipinski definition) is 7. The quantitative estimate of drug-likeness (QED) is 0.576. The van der Waals surface area contributed by atoms with Gasteiger partial charge in [-0.2, -0.15) is 8.78 Å². The molecule has 0 bridgehead atoms. The van der Waals surface area contributed by atoms with E-state index >= 15 is 0 Å². The number of pyridine rings is 1. The molecular weight excluding hydrogens is 472 g/mol. The van der Waals surface area contributed by atoms with E-state index in [-0.39, 0.29) is 29.3 Å². The number of benzene rings is 1. The number of carbonyl (C=O) groups excluding carboxylic acids is 1. The fourth-order valence-corrected chi connectivity index (χ4v) is 5.13. The van der Waals surface area contributed by atoms with Crippen LogP contribution in [0.4, 0.5) is 14.6 Å². The van der Waals surface area contributed by atoms with E-state index < -0.39 is 24.2 Å². The van der Waals surface area contributed by atoms with Crippen molar-refractivity contribution in [3.8, 4) is 5.75 Å². The molecular formula is C25H27F2N5O4. The minimum absolute atomic E-state index is 0.0887. The fraction of sp³-hybridized carbons (Fsp3) is 0.440. The van der Waals surface area contributed by atoms with Crippen molar-refractivity contribution in [2.75, 3.05) is 32.1 Å². The second-order valence-corrected chi connectivity index (χ2v) is 9.35. The maximum atomic E-state index is 14.2. The number of para-hydroxylation sites is 1. The zero-order valence-corrected chi connectivity index (χ0v) is 20.5. The van der Waals surface area contributed by atoms with Crippen LogP contribution in [0.1, 0.15) is 43.0 Å². The van der Waals surface area contributed by atoms with Crippen molar-refractivity contribution in [3.05, 3.63) is 57.6 Å². The largest absolute Gasteiger partial charge is 0.486 e. The number of hydrogen-bond donors (Lipinski definition) is 1. The normalized spacial score (nSPS) is 21.3. The van der Waals surface area contributed by atoms with Gasteiger partial charge in [-0.3, -0.25) is 14.2 Å². The van der Waals surface area contributed by atoms with Crippen LogP contribution in [0.25, 0.3) is 11.0 Å². The van der Waals surface area contributed by atoms with Crippen molar-refractivity contribution < 1.29 is 23.0 Å². The van der Waals surface area contributed by atoms with E-state index in [2.05, 4.69) is 15.3 Å². The van der Waals surface area contributed by atoms with Gasteiger partial charge in [0.25, 0.3) is 5.56 Å². The van der Waals surface area contributed by atoms with E-state index in [1.807, 2.05) is 6.92 Å². The molecule has 9 nitrogen and oxygen atoms in total. The van der Waals surface area contributed by atoms with Crippen LogP contribution < -0.4 is 15.6 Å². The summed E-state index contributed by atoms with van der Waals surface area (Å²) in [6, 6.07) is 5.95. The van der Waals surface area contributed by atoms with Crippen LogP contribution in [0, 0.1) is 0 Å².